The summed E-state index contributed by atoms with van der Waals surface area (Å²) >= 11 is 0. The number of fused-ring (bicyclic) bond motifs is 1. The standard InChI is InChI=1S/C22H17F3N6O7/c23-22(24,25)10-1-3-11(4-2-10)27-19(33)31-17-18(38-21(35)36)30-15(29-17)7-8-16(32)26-12-5-6-13-14(9-12)37-20(34)28-13/h1-6,9H,7-8H2,(H,26,32)(H,28,34)(H,29,30)(H,35,36)(H2,27,31,33). The molecule has 198 valence electrons. The van der Waals surface area contributed by atoms with Crippen LogP contribution in [0.2, 0.25) is 0 Å². The molecule has 16 heteroatoms. The van der Waals surface area contributed by atoms with Gasteiger partial charge in [0.15, 0.2) is 11.4 Å². The summed E-state index contributed by atoms with van der Waals surface area (Å²) in [4.78, 5) is 55.9. The number of nitrogens with one attached hydrogen (secondary N) is 5. The highest BCUT2D eigenvalue weighted by Crippen LogP contribution is 2.30. The fourth-order valence-electron chi connectivity index (χ4n) is 3.26. The van der Waals surface area contributed by atoms with Crippen molar-refractivity contribution in [1.29, 1.82) is 0 Å². The number of imidazole rings is 1. The molecule has 6 N–H and O–H groups in total. The number of carbonyl (C=O) groups is 3. The maximum absolute atomic E-state index is 12.7. The Morgan fingerprint density at radius 2 is 1.71 bits per heavy atom. The van der Waals surface area contributed by atoms with Crippen LogP contribution in [0.15, 0.2) is 51.7 Å². The highest BCUT2D eigenvalue weighted by Gasteiger charge is 2.30. The third-order valence-electron chi connectivity index (χ3n) is 4.91. The zero-order valence-corrected chi connectivity index (χ0v) is 18.9. The molecule has 13 nitrogen and oxygen atoms in total. The predicted octanol–water partition coefficient (Wildman–Crippen LogP) is 4.14. The van der Waals surface area contributed by atoms with Crippen LogP contribution in [-0.4, -0.2) is 38.2 Å². The number of alkyl halides is 3. The number of amides is 3. The maximum Gasteiger partial charge on any atom is 0.512 e. The second-order valence-electron chi connectivity index (χ2n) is 7.66. The molecule has 0 saturated heterocycles. The molecular weight excluding hydrogens is 517 g/mol. The summed E-state index contributed by atoms with van der Waals surface area (Å²) in [5.41, 5.74) is 0.197. The Morgan fingerprint density at radius 3 is 2.39 bits per heavy atom. The van der Waals surface area contributed by atoms with Crippen molar-refractivity contribution in [3.63, 3.8) is 0 Å². The number of urea groups is 1. The van der Waals surface area contributed by atoms with Crippen molar-refractivity contribution in [2.45, 2.75) is 19.0 Å². The molecule has 3 amide bonds. The summed E-state index contributed by atoms with van der Waals surface area (Å²) in [7, 11) is 0. The van der Waals surface area contributed by atoms with Gasteiger partial charge >= 0.3 is 24.1 Å². The van der Waals surface area contributed by atoms with Crippen molar-refractivity contribution in [3.8, 4) is 5.88 Å². The summed E-state index contributed by atoms with van der Waals surface area (Å²) in [6, 6.07) is 7.25. The molecule has 0 atom stereocenters. The Labute approximate surface area is 209 Å². The van der Waals surface area contributed by atoms with E-state index in [1.807, 2.05) is 0 Å². The lowest BCUT2D eigenvalue weighted by atomic mass is 10.2. The number of rotatable bonds is 7. The maximum atomic E-state index is 12.7. The first-order valence-electron chi connectivity index (χ1n) is 10.6. The number of benzene rings is 2. The molecule has 0 fully saturated rings. The number of ether oxygens (including phenoxy) is 1. The lowest BCUT2D eigenvalue weighted by Gasteiger charge is -2.09. The van der Waals surface area contributed by atoms with Gasteiger partial charge in [-0.2, -0.15) is 18.2 Å². The molecular formula is C22H17F3N6O7. The summed E-state index contributed by atoms with van der Waals surface area (Å²) < 4.78 is 47.5. The summed E-state index contributed by atoms with van der Waals surface area (Å²) in [6.07, 6.45) is -6.41. The van der Waals surface area contributed by atoms with Crippen LogP contribution in [0.5, 0.6) is 5.88 Å². The molecule has 4 rings (SSSR count). The van der Waals surface area contributed by atoms with Gasteiger partial charge in [0.25, 0.3) is 5.88 Å². The number of H-pyrrole nitrogens is 2. The average molecular weight is 534 g/mol. The Bertz CT molecular complexity index is 1560. The molecule has 2 aromatic heterocycles. The van der Waals surface area contributed by atoms with Crippen LogP contribution < -0.4 is 26.4 Å². The van der Waals surface area contributed by atoms with E-state index in [9.17, 15) is 32.3 Å². The highest BCUT2D eigenvalue weighted by atomic mass is 19.4. The molecule has 4 aromatic rings. The lowest BCUT2D eigenvalue weighted by molar-refractivity contribution is -0.137. The minimum atomic E-state index is -4.54. The number of hydrogen-bond donors (Lipinski definition) is 6. The van der Waals surface area contributed by atoms with Crippen LogP contribution in [0.25, 0.3) is 11.1 Å². The summed E-state index contributed by atoms with van der Waals surface area (Å²) in [6.45, 7) is 0. The third kappa shape index (κ3) is 6.48. The van der Waals surface area contributed by atoms with Crippen molar-refractivity contribution < 1.29 is 41.8 Å². The number of aromatic amines is 2. The molecule has 0 aliphatic carbocycles. The summed E-state index contributed by atoms with van der Waals surface area (Å²) in [5, 5.41) is 16.1. The zero-order valence-electron chi connectivity index (χ0n) is 18.9. The predicted molar refractivity (Wildman–Crippen MR) is 125 cm³/mol. The van der Waals surface area contributed by atoms with Crippen LogP contribution in [0.4, 0.5) is 40.0 Å². The van der Waals surface area contributed by atoms with E-state index in [0.29, 0.717) is 11.2 Å². The second kappa shape index (κ2) is 10.4. The Balaban J connectivity index is 1.38. The van der Waals surface area contributed by atoms with Crippen LogP contribution >= 0.6 is 0 Å². The molecule has 0 spiro atoms. The first-order chi connectivity index (χ1) is 18.0. The van der Waals surface area contributed by atoms with E-state index >= 15 is 0 Å². The number of hydrogen-bond acceptors (Lipinski definition) is 7. The van der Waals surface area contributed by atoms with Gasteiger partial charge in [0.1, 0.15) is 5.82 Å². The third-order valence-corrected chi connectivity index (χ3v) is 4.91. The van der Waals surface area contributed by atoms with Gasteiger partial charge in [-0.05, 0) is 36.4 Å². The lowest BCUT2D eigenvalue weighted by Crippen LogP contribution is -2.20. The van der Waals surface area contributed by atoms with Gasteiger partial charge < -0.3 is 29.9 Å². The molecule has 0 aliphatic rings. The number of carboxylic acid groups (broad SMARTS) is 1. The summed E-state index contributed by atoms with van der Waals surface area (Å²) in [5.74, 6) is -1.77. The van der Waals surface area contributed by atoms with E-state index in [4.69, 9.17) is 9.52 Å². The number of carbonyl (C=O) groups excluding carboxylic acids is 2. The van der Waals surface area contributed by atoms with Crippen LogP contribution in [-0.2, 0) is 17.4 Å². The molecule has 0 bridgehead atoms. The number of oxazole rings is 1. The smallest absolute Gasteiger partial charge is 0.449 e. The van der Waals surface area contributed by atoms with E-state index in [1.54, 1.807) is 12.1 Å². The molecule has 0 unspecified atom stereocenters. The fraction of sp³-hybridized carbons (Fsp3) is 0.136. The van der Waals surface area contributed by atoms with E-state index in [1.165, 1.54) is 6.07 Å². The topological polar surface area (TPSA) is 191 Å². The quantitative estimate of drug-likeness (QED) is 0.191. The Hall–Kier alpha value is -5.28. The zero-order chi connectivity index (χ0) is 27.4. The molecule has 0 saturated carbocycles. The number of aromatic nitrogens is 3. The molecule has 0 aliphatic heterocycles. The minimum Gasteiger partial charge on any atom is -0.449 e. The number of halogens is 3. The Morgan fingerprint density at radius 1 is 1.00 bits per heavy atom. The second-order valence-corrected chi connectivity index (χ2v) is 7.66. The van der Waals surface area contributed by atoms with Crippen molar-refractivity contribution in [2.24, 2.45) is 0 Å². The van der Waals surface area contributed by atoms with E-state index in [-0.39, 0.29) is 35.8 Å². The van der Waals surface area contributed by atoms with Gasteiger partial charge in [0.2, 0.25) is 5.91 Å². The van der Waals surface area contributed by atoms with Gasteiger partial charge in [-0.15, -0.1) is 0 Å². The van der Waals surface area contributed by atoms with Crippen LogP contribution in [0.3, 0.4) is 0 Å². The Kier molecular flexibility index (Phi) is 7.04. The van der Waals surface area contributed by atoms with Gasteiger partial charge in [-0.3, -0.25) is 15.1 Å². The number of aryl methyl sites for hydroxylation is 1. The molecule has 2 aromatic carbocycles. The van der Waals surface area contributed by atoms with Crippen molar-refractivity contribution in [3.05, 3.63) is 64.4 Å². The normalized spacial score (nSPS) is 11.2. The van der Waals surface area contributed by atoms with Crippen molar-refractivity contribution in [1.82, 2.24) is 15.0 Å². The first kappa shape index (κ1) is 25.8. The van der Waals surface area contributed by atoms with Gasteiger partial charge in [0, 0.05) is 30.3 Å². The number of anilines is 3. The number of nitrogens with zero attached hydrogens (tertiary/aromatic N) is 1. The first-order valence-corrected chi connectivity index (χ1v) is 10.6. The SMILES string of the molecule is O=C(CCc1nc(OC(=O)O)c(NC(=O)Nc2ccc(C(F)(F)F)cc2)[nH]1)Nc1ccc2[nH]c(=O)oc2c1. The highest BCUT2D eigenvalue weighted by molar-refractivity contribution is 6.00. The fourth-order valence-corrected chi connectivity index (χ4v) is 3.26. The van der Waals surface area contributed by atoms with Crippen LogP contribution in [0, 0.1) is 0 Å². The van der Waals surface area contributed by atoms with Gasteiger partial charge in [-0.1, -0.05) is 0 Å². The average Bonchev–Trinajstić information content (AvgIpc) is 3.38. The van der Waals surface area contributed by atoms with Crippen molar-refractivity contribution in [2.75, 3.05) is 16.0 Å². The monoisotopic (exact) mass is 534 g/mol. The van der Waals surface area contributed by atoms with Crippen LogP contribution in [0.1, 0.15) is 17.8 Å². The molecule has 0 radical (unpaired) electrons. The van der Waals surface area contributed by atoms with E-state index < -0.39 is 41.5 Å². The molecule has 2 heterocycles. The van der Waals surface area contributed by atoms with Gasteiger partial charge in [-0.25, -0.2) is 14.4 Å². The largest absolute Gasteiger partial charge is 0.512 e. The van der Waals surface area contributed by atoms with E-state index in [2.05, 4.69) is 35.6 Å². The van der Waals surface area contributed by atoms with E-state index in [0.717, 1.165) is 24.3 Å². The molecule has 38 heavy (non-hydrogen) atoms. The van der Waals surface area contributed by atoms with Gasteiger partial charge in [0.05, 0.1) is 11.1 Å². The minimum absolute atomic E-state index is 0.0223. The van der Waals surface area contributed by atoms with Crippen molar-refractivity contribution >= 4 is 46.4 Å².